The summed E-state index contributed by atoms with van der Waals surface area (Å²) in [6.45, 7) is 0.268. The van der Waals surface area contributed by atoms with Gasteiger partial charge in [-0.2, -0.15) is 4.98 Å². The highest BCUT2D eigenvalue weighted by atomic mass is 35.5. The maximum absolute atomic E-state index is 12.4. The highest BCUT2D eigenvalue weighted by Gasteiger charge is 2.13. The Bertz CT molecular complexity index is 1280. The summed E-state index contributed by atoms with van der Waals surface area (Å²) in [4.78, 5) is 30.2. The second-order valence-corrected chi connectivity index (χ2v) is 8.25. The van der Waals surface area contributed by atoms with Crippen molar-refractivity contribution in [3.63, 3.8) is 0 Å². The van der Waals surface area contributed by atoms with Crippen molar-refractivity contribution in [3.05, 3.63) is 87.8 Å². The molecule has 2 aromatic heterocycles. The summed E-state index contributed by atoms with van der Waals surface area (Å²) in [6, 6.07) is 17.9. The number of halogens is 1. The fourth-order valence-electron chi connectivity index (χ4n) is 2.99. The molecule has 32 heavy (non-hydrogen) atoms. The monoisotopic (exact) mass is 466 g/mol. The molecule has 2 aromatic carbocycles. The SMILES string of the molecule is CSc1ccc(CNC(=O)Cn2cc(-c3nc(-c4ccc(Cl)cc4)no3)ccc2=O)cc1. The smallest absolute Gasteiger partial charge is 0.259 e. The van der Waals surface area contributed by atoms with Crippen LogP contribution in [0.4, 0.5) is 0 Å². The third-order valence-electron chi connectivity index (χ3n) is 4.72. The van der Waals surface area contributed by atoms with Crippen LogP contribution in [-0.2, 0) is 17.9 Å². The largest absolute Gasteiger partial charge is 0.350 e. The van der Waals surface area contributed by atoms with Crippen molar-refractivity contribution in [1.82, 2.24) is 20.0 Å². The summed E-state index contributed by atoms with van der Waals surface area (Å²) in [6.07, 6.45) is 3.55. The Morgan fingerprint density at radius 3 is 2.50 bits per heavy atom. The quantitative estimate of drug-likeness (QED) is 0.409. The third kappa shape index (κ3) is 5.27. The van der Waals surface area contributed by atoms with E-state index in [0.29, 0.717) is 23.0 Å². The average Bonchev–Trinajstić information content (AvgIpc) is 3.30. The lowest BCUT2D eigenvalue weighted by atomic mass is 10.2. The molecule has 0 radical (unpaired) electrons. The number of hydrogen-bond acceptors (Lipinski definition) is 6. The molecule has 0 saturated heterocycles. The minimum Gasteiger partial charge on any atom is -0.350 e. The number of nitrogens with zero attached hydrogens (tertiary/aromatic N) is 3. The number of rotatable bonds is 7. The molecular weight excluding hydrogens is 448 g/mol. The lowest BCUT2D eigenvalue weighted by Crippen LogP contribution is -2.31. The van der Waals surface area contributed by atoms with Crippen LogP contribution >= 0.6 is 23.4 Å². The Balaban J connectivity index is 1.45. The van der Waals surface area contributed by atoms with E-state index >= 15 is 0 Å². The molecule has 0 fully saturated rings. The second-order valence-electron chi connectivity index (χ2n) is 6.94. The van der Waals surface area contributed by atoms with Crippen molar-refractivity contribution in [3.8, 4) is 22.8 Å². The van der Waals surface area contributed by atoms with Crippen LogP contribution in [0.25, 0.3) is 22.8 Å². The Morgan fingerprint density at radius 1 is 1.06 bits per heavy atom. The van der Waals surface area contributed by atoms with E-state index in [4.69, 9.17) is 16.1 Å². The van der Waals surface area contributed by atoms with Crippen molar-refractivity contribution in [1.29, 1.82) is 0 Å². The van der Waals surface area contributed by atoms with Crippen LogP contribution < -0.4 is 10.9 Å². The number of amides is 1. The van der Waals surface area contributed by atoms with Gasteiger partial charge in [-0.3, -0.25) is 9.59 Å². The molecule has 0 aliphatic rings. The Labute approximate surface area is 193 Å². The number of carbonyl (C=O) groups excluding carboxylic acids is 1. The summed E-state index contributed by atoms with van der Waals surface area (Å²) in [5.41, 5.74) is 1.98. The van der Waals surface area contributed by atoms with Gasteiger partial charge < -0.3 is 14.4 Å². The molecular formula is C23H19ClN4O3S. The first-order chi connectivity index (χ1) is 15.5. The molecule has 2 heterocycles. The van der Waals surface area contributed by atoms with E-state index in [2.05, 4.69) is 15.5 Å². The van der Waals surface area contributed by atoms with Crippen LogP contribution in [0.3, 0.4) is 0 Å². The van der Waals surface area contributed by atoms with E-state index in [1.165, 1.54) is 16.8 Å². The fraction of sp³-hybridized carbons (Fsp3) is 0.130. The molecule has 4 rings (SSSR count). The highest BCUT2D eigenvalue weighted by Crippen LogP contribution is 2.22. The van der Waals surface area contributed by atoms with Crippen LogP contribution in [0.2, 0.25) is 5.02 Å². The van der Waals surface area contributed by atoms with E-state index in [-0.39, 0.29) is 23.9 Å². The molecule has 0 aliphatic carbocycles. The number of nitrogens with one attached hydrogen (secondary N) is 1. The molecule has 9 heteroatoms. The van der Waals surface area contributed by atoms with Crippen LogP contribution in [0.1, 0.15) is 5.56 Å². The van der Waals surface area contributed by atoms with Crippen LogP contribution in [0.5, 0.6) is 0 Å². The van der Waals surface area contributed by atoms with Gasteiger partial charge in [0.1, 0.15) is 6.54 Å². The van der Waals surface area contributed by atoms with Gasteiger partial charge in [0.15, 0.2) is 0 Å². The summed E-state index contributed by atoms with van der Waals surface area (Å²) < 4.78 is 6.66. The van der Waals surface area contributed by atoms with Gasteiger partial charge in [-0.15, -0.1) is 11.8 Å². The van der Waals surface area contributed by atoms with Gasteiger partial charge in [-0.25, -0.2) is 0 Å². The average molecular weight is 467 g/mol. The molecule has 1 amide bonds. The maximum atomic E-state index is 12.4. The standard InChI is InChI=1S/C23H19ClN4O3S/c1-32-19-9-2-15(3-10-19)12-25-20(29)14-28-13-17(6-11-21(28)30)23-26-22(27-31-23)16-4-7-18(24)8-5-16/h2-11,13H,12,14H2,1H3,(H,25,29). The first kappa shape index (κ1) is 21.9. The summed E-state index contributed by atoms with van der Waals surface area (Å²) in [7, 11) is 0. The molecule has 7 nitrogen and oxygen atoms in total. The van der Waals surface area contributed by atoms with Crippen LogP contribution in [0, 0.1) is 0 Å². The second kappa shape index (κ2) is 9.84. The summed E-state index contributed by atoms with van der Waals surface area (Å²) in [5, 5.41) is 7.43. The molecule has 0 atom stereocenters. The molecule has 162 valence electrons. The number of carbonyl (C=O) groups is 1. The van der Waals surface area contributed by atoms with Crippen molar-refractivity contribution in [2.24, 2.45) is 0 Å². The van der Waals surface area contributed by atoms with Crippen molar-refractivity contribution in [2.45, 2.75) is 18.0 Å². The minimum atomic E-state index is -0.300. The lowest BCUT2D eigenvalue weighted by molar-refractivity contribution is -0.121. The molecule has 0 spiro atoms. The van der Waals surface area contributed by atoms with Gasteiger partial charge in [0.05, 0.1) is 5.56 Å². The van der Waals surface area contributed by atoms with Gasteiger partial charge in [0.2, 0.25) is 11.7 Å². The zero-order chi connectivity index (χ0) is 22.5. The maximum Gasteiger partial charge on any atom is 0.259 e. The predicted molar refractivity (Wildman–Crippen MR) is 125 cm³/mol. The van der Waals surface area contributed by atoms with Crippen LogP contribution in [-0.4, -0.2) is 26.9 Å². The third-order valence-corrected chi connectivity index (χ3v) is 5.72. The molecule has 0 bridgehead atoms. The first-order valence-corrected chi connectivity index (χ1v) is 11.3. The van der Waals surface area contributed by atoms with Crippen molar-refractivity contribution >= 4 is 29.3 Å². The Morgan fingerprint density at radius 2 is 1.78 bits per heavy atom. The summed E-state index contributed by atoms with van der Waals surface area (Å²) in [5.74, 6) is 0.378. The van der Waals surface area contributed by atoms with E-state index in [0.717, 1.165) is 16.0 Å². The van der Waals surface area contributed by atoms with E-state index < -0.39 is 0 Å². The van der Waals surface area contributed by atoms with E-state index in [1.54, 1.807) is 42.1 Å². The van der Waals surface area contributed by atoms with Gasteiger partial charge in [0.25, 0.3) is 11.4 Å². The van der Waals surface area contributed by atoms with E-state index in [9.17, 15) is 9.59 Å². The zero-order valence-corrected chi connectivity index (χ0v) is 18.7. The van der Waals surface area contributed by atoms with Gasteiger partial charge >= 0.3 is 0 Å². The molecule has 1 N–H and O–H groups in total. The summed E-state index contributed by atoms with van der Waals surface area (Å²) >= 11 is 7.57. The van der Waals surface area contributed by atoms with Gasteiger partial charge in [0, 0.05) is 34.3 Å². The van der Waals surface area contributed by atoms with Gasteiger partial charge in [-0.1, -0.05) is 28.9 Å². The van der Waals surface area contributed by atoms with Crippen LogP contribution in [0.15, 0.2) is 81.1 Å². The van der Waals surface area contributed by atoms with Crippen molar-refractivity contribution < 1.29 is 9.32 Å². The molecule has 4 aromatic rings. The topological polar surface area (TPSA) is 90.0 Å². The highest BCUT2D eigenvalue weighted by molar-refractivity contribution is 7.98. The predicted octanol–water partition coefficient (Wildman–Crippen LogP) is 4.26. The number of pyridine rings is 1. The first-order valence-electron chi connectivity index (χ1n) is 9.72. The zero-order valence-electron chi connectivity index (χ0n) is 17.1. The number of hydrogen-bond donors (Lipinski definition) is 1. The van der Waals surface area contributed by atoms with Gasteiger partial charge in [-0.05, 0) is 54.3 Å². The Hall–Kier alpha value is -3.36. The molecule has 0 unspecified atom stereocenters. The molecule has 0 aliphatic heterocycles. The number of aromatic nitrogens is 3. The number of benzene rings is 2. The number of thioether (sulfide) groups is 1. The van der Waals surface area contributed by atoms with Crippen molar-refractivity contribution in [2.75, 3.05) is 6.26 Å². The normalized spacial score (nSPS) is 10.8. The Kier molecular flexibility index (Phi) is 6.72. The lowest BCUT2D eigenvalue weighted by Gasteiger charge is -2.08. The minimum absolute atomic E-state index is 0.117. The fourth-order valence-corrected chi connectivity index (χ4v) is 3.53. The van der Waals surface area contributed by atoms with E-state index in [1.807, 2.05) is 30.5 Å². The molecule has 0 saturated carbocycles.